The number of hydrogen-bond donors (Lipinski definition) is 0. The number of Topliss-reactive ketones (excluding diaryl/α,β-unsaturated/α-hetero) is 1. The molecule has 0 aromatic rings. The van der Waals surface area contributed by atoms with Crippen molar-refractivity contribution >= 4 is 17.7 Å². The lowest BCUT2D eigenvalue weighted by molar-refractivity contribution is -0.137. The summed E-state index contributed by atoms with van der Waals surface area (Å²) in [6, 6.07) is -0.521. The number of imide groups is 1. The molecule has 136 valence electrons. The normalized spacial score (nSPS) is 25.5. The molecule has 1 aliphatic carbocycles. The van der Waals surface area contributed by atoms with E-state index in [1.165, 1.54) is 11.0 Å². The molecule has 6 heteroatoms. The van der Waals surface area contributed by atoms with Gasteiger partial charge in [0.25, 0.3) is 5.91 Å². The highest BCUT2D eigenvalue weighted by molar-refractivity contribution is 6.11. The summed E-state index contributed by atoms with van der Waals surface area (Å²) in [6.45, 7) is 8.03. The number of carbonyl (C=O) groups is 3. The van der Waals surface area contributed by atoms with E-state index in [2.05, 4.69) is 13.2 Å². The van der Waals surface area contributed by atoms with Gasteiger partial charge >= 0.3 is 6.03 Å². The minimum atomic E-state index is -0.950. The SMILES string of the molecule is C=C/C=C(/F)C(=C)C(=O)CN1C(=O)N(C)C(C)(C2CCCCC2)C1=O. The quantitative estimate of drug-likeness (QED) is 0.420. The maximum Gasteiger partial charge on any atom is 0.327 e. The molecule has 2 aliphatic rings. The van der Waals surface area contributed by atoms with Crippen LogP contribution in [0.25, 0.3) is 0 Å². The van der Waals surface area contributed by atoms with Crippen molar-refractivity contribution in [3.8, 4) is 0 Å². The Balaban J connectivity index is 2.20. The average molecular weight is 348 g/mol. The first kappa shape index (κ1) is 19.1. The zero-order valence-corrected chi connectivity index (χ0v) is 14.9. The van der Waals surface area contributed by atoms with Crippen molar-refractivity contribution in [3.63, 3.8) is 0 Å². The van der Waals surface area contributed by atoms with E-state index < -0.39 is 29.7 Å². The first-order chi connectivity index (χ1) is 11.7. The summed E-state index contributed by atoms with van der Waals surface area (Å²) in [4.78, 5) is 40.1. The average Bonchev–Trinajstić information content (AvgIpc) is 2.78. The van der Waals surface area contributed by atoms with Gasteiger partial charge in [0.15, 0.2) is 5.78 Å². The van der Waals surface area contributed by atoms with E-state index in [4.69, 9.17) is 0 Å². The first-order valence-electron chi connectivity index (χ1n) is 8.55. The van der Waals surface area contributed by atoms with Crippen LogP contribution in [0.15, 0.2) is 36.7 Å². The number of hydrogen-bond acceptors (Lipinski definition) is 3. The highest BCUT2D eigenvalue weighted by Gasteiger charge is 2.56. The van der Waals surface area contributed by atoms with Gasteiger partial charge in [0, 0.05) is 12.6 Å². The number of nitrogens with zero attached hydrogens (tertiary/aromatic N) is 2. The molecule has 5 nitrogen and oxygen atoms in total. The first-order valence-corrected chi connectivity index (χ1v) is 8.55. The van der Waals surface area contributed by atoms with Crippen LogP contribution in [0.2, 0.25) is 0 Å². The van der Waals surface area contributed by atoms with Gasteiger partial charge in [-0.25, -0.2) is 9.18 Å². The second-order valence-corrected chi connectivity index (χ2v) is 6.87. The van der Waals surface area contributed by atoms with Gasteiger partial charge in [-0.05, 0) is 31.8 Å². The molecule has 1 atom stereocenters. The minimum Gasteiger partial charge on any atom is -0.313 e. The van der Waals surface area contributed by atoms with Gasteiger partial charge in [0.05, 0.1) is 6.54 Å². The molecule has 2 fully saturated rings. The number of halogens is 1. The largest absolute Gasteiger partial charge is 0.327 e. The molecule has 1 unspecified atom stereocenters. The molecule has 1 heterocycles. The highest BCUT2D eigenvalue weighted by atomic mass is 19.1. The van der Waals surface area contributed by atoms with Crippen LogP contribution in [-0.2, 0) is 9.59 Å². The molecule has 0 aromatic carbocycles. The Morgan fingerprint density at radius 2 is 1.92 bits per heavy atom. The van der Waals surface area contributed by atoms with Crippen molar-refractivity contribution in [2.24, 2.45) is 5.92 Å². The van der Waals surface area contributed by atoms with Gasteiger partial charge in [-0.3, -0.25) is 14.5 Å². The monoisotopic (exact) mass is 348 g/mol. The van der Waals surface area contributed by atoms with Crippen LogP contribution in [-0.4, -0.2) is 46.7 Å². The number of allylic oxidation sites excluding steroid dienone is 3. The summed E-state index contributed by atoms with van der Waals surface area (Å²) in [5.74, 6) is -1.83. The second-order valence-electron chi connectivity index (χ2n) is 6.87. The Hall–Kier alpha value is -2.24. The number of ketones is 1. The number of likely N-dealkylation sites (N-methyl/N-ethyl adjacent to an activating group) is 1. The predicted molar refractivity (Wildman–Crippen MR) is 93.4 cm³/mol. The number of rotatable bonds is 6. The second kappa shape index (κ2) is 7.33. The van der Waals surface area contributed by atoms with E-state index in [1.54, 1.807) is 14.0 Å². The summed E-state index contributed by atoms with van der Waals surface area (Å²) in [6.07, 6.45) is 7.18. The highest BCUT2D eigenvalue weighted by Crippen LogP contribution is 2.40. The van der Waals surface area contributed by atoms with Crippen LogP contribution < -0.4 is 0 Å². The van der Waals surface area contributed by atoms with Crippen molar-refractivity contribution in [2.75, 3.05) is 13.6 Å². The number of amides is 3. The zero-order valence-electron chi connectivity index (χ0n) is 14.9. The third-order valence-corrected chi connectivity index (χ3v) is 5.48. The molecular weight excluding hydrogens is 323 g/mol. The maximum absolute atomic E-state index is 13.7. The van der Waals surface area contributed by atoms with Crippen molar-refractivity contribution < 1.29 is 18.8 Å². The van der Waals surface area contributed by atoms with Gasteiger partial charge in [-0.1, -0.05) is 38.5 Å². The molecule has 0 N–H and O–H groups in total. The van der Waals surface area contributed by atoms with Crippen LogP contribution in [0, 0.1) is 5.92 Å². The summed E-state index contributed by atoms with van der Waals surface area (Å²) < 4.78 is 13.7. The fourth-order valence-corrected chi connectivity index (χ4v) is 3.71. The molecule has 2 rings (SSSR count). The van der Waals surface area contributed by atoms with Crippen molar-refractivity contribution in [1.29, 1.82) is 0 Å². The van der Waals surface area contributed by atoms with Gasteiger partial charge in [0.2, 0.25) is 0 Å². The Bertz CT molecular complexity index is 649. The maximum atomic E-state index is 13.7. The van der Waals surface area contributed by atoms with Crippen LogP contribution in [0.5, 0.6) is 0 Å². The zero-order chi connectivity index (χ0) is 18.8. The minimum absolute atomic E-state index is 0.0726. The molecule has 1 saturated heterocycles. The Morgan fingerprint density at radius 3 is 2.48 bits per heavy atom. The fraction of sp³-hybridized carbons (Fsp3) is 0.526. The van der Waals surface area contributed by atoms with Crippen LogP contribution in [0.4, 0.5) is 9.18 Å². The van der Waals surface area contributed by atoms with Crippen LogP contribution >= 0.6 is 0 Å². The van der Waals surface area contributed by atoms with E-state index in [-0.39, 0.29) is 17.4 Å². The summed E-state index contributed by atoms with van der Waals surface area (Å²) >= 11 is 0. The van der Waals surface area contributed by atoms with E-state index in [9.17, 15) is 18.8 Å². The summed E-state index contributed by atoms with van der Waals surface area (Å²) in [5.41, 5.74) is -1.32. The third kappa shape index (κ3) is 3.30. The molecule has 0 bridgehead atoms. The molecular formula is C19H25FN2O3. The molecule has 0 radical (unpaired) electrons. The molecule has 25 heavy (non-hydrogen) atoms. The van der Waals surface area contributed by atoms with Crippen molar-refractivity contribution in [2.45, 2.75) is 44.6 Å². The molecule has 1 saturated carbocycles. The Kier molecular flexibility index (Phi) is 5.60. The molecule has 3 amide bonds. The number of urea groups is 1. The van der Waals surface area contributed by atoms with Crippen LogP contribution in [0.3, 0.4) is 0 Å². The third-order valence-electron chi connectivity index (χ3n) is 5.48. The Morgan fingerprint density at radius 1 is 1.32 bits per heavy atom. The predicted octanol–water partition coefficient (Wildman–Crippen LogP) is 3.38. The van der Waals surface area contributed by atoms with Gasteiger partial charge < -0.3 is 4.90 Å². The molecule has 0 aromatic heterocycles. The lowest BCUT2D eigenvalue weighted by Gasteiger charge is -2.38. The van der Waals surface area contributed by atoms with E-state index >= 15 is 0 Å². The van der Waals surface area contributed by atoms with Crippen molar-refractivity contribution in [3.05, 3.63) is 36.7 Å². The van der Waals surface area contributed by atoms with E-state index in [0.717, 1.165) is 43.1 Å². The van der Waals surface area contributed by atoms with Gasteiger partial charge in [-0.15, -0.1) is 0 Å². The standard InChI is InChI=1S/C19H25FN2O3/c1-5-9-15(20)13(2)16(23)12-22-17(24)19(3,21(4)18(22)25)14-10-7-6-8-11-14/h5,9,14H,1-2,6-8,10-12H2,3-4H3/b15-9+. The summed E-state index contributed by atoms with van der Waals surface area (Å²) in [5, 5.41) is 0. The van der Waals surface area contributed by atoms with E-state index in [1.807, 2.05) is 0 Å². The van der Waals surface area contributed by atoms with Crippen LogP contribution in [0.1, 0.15) is 39.0 Å². The topological polar surface area (TPSA) is 57.7 Å². The van der Waals surface area contributed by atoms with Gasteiger partial charge in [0.1, 0.15) is 11.4 Å². The number of carbonyl (C=O) groups excluding carboxylic acids is 3. The van der Waals surface area contributed by atoms with E-state index in [0.29, 0.717) is 0 Å². The lowest BCUT2D eigenvalue weighted by Crippen LogP contribution is -2.52. The smallest absolute Gasteiger partial charge is 0.313 e. The van der Waals surface area contributed by atoms with Crippen molar-refractivity contribution in [1.82, 2.24) is 9.80 Å². The fourth-order valence-electron chi connectivity index (χ4n) is 3.71. The molecule has 1 aliphatic heterocycles. The lowest BCUT2D eigenvalue weighted by atomic mass is 9.75. The summed E-state index contributed by atoms with van der Waals surface area (Å²) in [7, 11) is 1.59. The Labute approximate surface area is 147 Å². The molecule has 0 spiro atoms. The van der Waals surface area contributed by atoms with Gasteiger partial charge in [-0.2, -0.15) is 0 Å².